The van der Waals surface area contributed by atoms with Gasteiger partial charge in [-0.15, -0.1) is 0 Å². The molecule has 0 aliphatic carbocycles. The van der Waals surface area contributed by atoms with Crippen molar-refractivity contribution >= 4 is 5.91 Å². The Morgan fingerprint density at radius 2 is 0.924 bits per heavy atom. The predicted molar refractivity (Wildman–Crippen MR) is 273 cm³/mol. The number of aliphatic hydroxyl groups is 6. The molecule has 10 heteroatoms. The van der Waals surface area contributed by atoms with Crippen molar-refractivity contribution in [2.24, 2.45) is 0 Å². The maximum atomic E-state index is 13.1. The molecule has 1 rings (SSSR count). The van der Waals surface area contributed by atoms with E-state index in [0.29, 0.717) is 12.8 Å². The first-order chi connectivity index (χ1) is 32.3. The highest BCUT2D eigenvalue weighted by molar-refractivity contribution is 5.80. The number of aliphatic hydroxyl groups excluding tert-OH is 6. The summed E-state index contributed by atoms with van der Waals surface area (Å²) in [4.78, 5) is 13.1. The van der Waals surface area contributed by atoms with E-state index in [1.165, 1.54) is 173 Å². The Labute approximate surface area is 404 Å². The van der Waals surface area contributed by atoms with Gasteiger partial charge >= 0.3 is 0 Å². The monoisotopic (exact) mass is 936 g/mol. The second-order valence-corrected chi connectivity index (χ2v) is 19.5. The first-order valence-electron chi connectivity index (χ1n) is 27.8. The number of hydrogen-bond acceptors (Lipinski definition) is 9. The Morgan fingerprint density at radius 3 is 1.35 bits per heavy atom. The Hall–Kier alpha value is -1.63. The number of ether oxygens (including phenoxy) is 2. The summed E-state index contributed by atoms with van der Waals surface area (Å²) < 4.78 is 11.2. The second-order valence-electron chi connectivity index (χ2n) is 19.5. The third kappa shape index (κ3) is 34.6. The fourth-order valence-electron chi connectivity index (χ4n) is 8.78. The van der Waals surface area contributed by atoms with Crippen LogP contribution in [-0.4, -0.2) is 98.7 Å². The van der Waals surface area contributed by atoms with Gasteiger partial charge in [0.15, 0.2) is 6.29 Å². The Kier molecular flexibility index (Phi) is 43.3. The topological polar surface area (TPSA) is 169 Å². The third-order valence-corrected chi connectivity index (χ3v) is 13.3. The molecule has 10 nitrogen and oxygen atoms in total. The summed E-state index contributed by atoms with van der Waals surface area (Å²) in [7, 11) is 0. The van der Waals surface area contributed by atoms with Crippen LogP contribution in [0.15, 0.2) is 36.5 Å². The lowest BCUT2D eigenvalue weighted by molar-refractivity contribution is -0.302. The molecule has 1 aliphatic heterocycles. The summed E-state index contributed by atoms with van der Waals surface area (Å²) in [5.41, 5.74) is 0. The standard InChI is InChI=1S/C56H105NO9/c1-3-5-7-9-11-13-15-17-19-21-22-23-24-25-26-27-29-31-33-35-37-39-41-43-45-50(60)55(64)57-48(47-65-56-54(63)53(62)52(61)51(46-58)66-56)49(59)44-42-40-38-36-34-32-30-28-20-18-16-14-12-10-8-6-4-2/h22-23,25-26,42,44,48-54,56,58-63H,3-21,24,27-41,43,45-47H2,1-2H3,(H,57,64)/b23-22-,26-25-,44-42+. The van der Waals surface area contributed by atoms with Crippen molar-refractivity contribution in [1.29, 1.82) is 0 Å². The van der Waals surface area contributed by atoms with Gasteiger partial charge in [-0.3, -0.25) is 4.79 Å². The number of amides is 1. The molecule has 0 spiro atoms. The molecule has 1 fully saturated rings. The van der Waals surface area contributed by atoms with Gasteiger partial charge in [0.05, 0.1) is 25.4 Å². The van der Waals surface area contributed by atoms with E-state index in [4.69, 9.17) is 9.47 Å². The molecule has 0 bridgehead atoms. The van der Waals surface area contributed by atoms with Crippen molar-refractivity contribution in [2.75, 3.05) is 13.2 Å². The number of hydrogen-bond donors (Lipinski definition) is 7. The summed E-state index contributed by atoms with van der Waals surface area (Å²) >= 11 is 0. The zero-order valence-electron chi connectivity index (χ0n) is 42.6. The average Bonchev–Trinajstić information content (AvgIpc) is 3.32. The summed E-state index contributed by atoms with van der Waals surface area (Å²) in [6.07, 6.45) is 48.0. The minimum absolute atomic E-state index is 0.304. The summed E-state index contributed by atoms with van der Waals surface area (Å²) in [6.45, 7) is 3.63. The van der Waals surface area contributed by atoms with Crippen molar-refractivity contribution in [3.8, 4) is 0 Å². The van der Waals surface area contributed by atoms with Gasteiger partial charge in [0.2, 0.25) is 5.91 Å². The minimum Gasteiger partial charge on any atom is -0.394 e. The Bertz CT molecular complexity index is 1150. The first-order valence-corrected chi connectivity index (χ1v) is 27.8. The lowest BCUT2D eigenvalue weighted by atomic mass is 9.99. The van der Waals surface area contributed by atoms with Gasteiger partial charge in [0, 0.05) is 0 Å². The molecule has 8 atom stereocenters. The normalized spacial score (nSPS) is 20.5. The van der Waals surface area contributed by atoms with Crippen molar-refractivity contribution in [2.45, 2.75) is 300 Å². The molecular formula is C56H105NO9. The number of rotatable bonds is 47. The van der Waals surface area contributed by atoms with Gasteiger partial charge < -0.3 is 45.4 Å². The van der Waals surface area contributed by atoms with Gasteiger partial charge in [0.25, 0.3) is 0 Å². The van der Waals surface area contributed by atoms with Crippen molar-refractivity contribution in [3.05, 3.63) is 36.5 Å². The molecule has 1 amide bonds. The Balaban J connectivity index is 2.30. The van der Waals surface area contributed by atoms with Crippen LogP contribution in [0.4, 0.5) is 0 Å². The minimum atomic E-state index is -1.61. The fourth-order valence-corrected chi connectivity index (χ4v) is 8.78. The zero-order chi connectivity index (χ0) is 48.1. The maximum absolute atomic E-state index is 13.1. The van der Waals surface area contributed by atoms with E-state index < -0.39 is 61.5 Å². The van der Waals surface area contributed by atoms with Gasteiger partial charge in [-0.2, -0.15) is 0 Å². The van der Waals surface area contributed by atoms with Crippen LogP contribution in [0.1, 0.15) is 251 Å². The molecule has 0 aromatic carbocycles. The second kappa shape index (κ2) is 45.8. The molecule has 0 radical (unpaired) electrons. The highest BCUT2D eigenvalue weighted by atomic mass is 16.7. The molecule has 8 unspecified atom stereocenters. The molecule has 1 heterocycles. The number of nitrogens with one attached hydrogen (secondary N) is 1. The summed E-state index contributed by atoms with van der Waals surface area (Å²) in [6, 6.07) is -0.983. The SMILES string of the molecule is CCCCCCCCCCC/C=C\C/C=C\CCCCCCCCCCC(O)C(=O)NC(COC1OC(CO)C(O)C(O)C1O)C(O)/C=C/CCCCCCCCCCCCCCCCC. The van der Waals surface area contributed by atoms with Crippen LogP contribution in [0.2, 0.25) is 0 Å². The van der Waals surface area contributed by atoms with E-state index in [9.17, 15) is 35.4 Å². The largest absolute Gasteiger partial charge is 0.394 e. The zero-order valence-corrected chi connectivity index (χ0v) is 42.6. The fraction of sp³-hybridized carbons (Fsp3) is 0.875. The Morgan fingerprint density at radius 1 is 0.530 bits per heavy atom. The number of carbonyl (C=O) groups excluding carboxylic acids is 1. The highest BCUT2D eigenvalue weighted by Crippen LogP contribution is 2.23. The highest BCUT2D eigenvalue weighted by Gasteiger charge is 2.44. The molecule has 0 saturated carbocycles. The smallest absolute Gasteiger partial charge is 0.249 e. The molecule has 1 aliphatic rings. The number of allylic oxidation sites excluding steroid dienone is 5. The van der Waals surface area contributed by atoms with Crippen LogP contribution < -0.4 is 5.32 Å². The number of carbonyl (C=O) groups is 1. The van der Waals surface area contributed by atoms with Crippen molar-refractivity contribution in [3.63, 3.8) is 0 Å². The molecule has 0 aromatic rings. The van der Waals surface area contributed by atoms with Gasteiger partial charge in [-0.25, -0.2) is 0 Å². The lowest BCUT2D eigenvalue weighted by Crippen LogP contribution is -2.60. The van der Waals surface area contributed by atoms with E-state index in [-0.39, 0.29) is 6.61 Å². The maximum Gasteiger partial charge on any atom is 0.249 e. The van der Waals surface area contributed by atoms with Gasteiger partial charge in [-0.1, -0.05) is 237 Å². The van der Waals surface area contributed by atoms with E-state index in [2.05, 4.69) is 43.5 Å². The van der Waals surface area contributed by atoms with E-state index >= 15 is 0 Å². The first kappa shape index (κ1) is 62.4. The van der Waals surface area contributed by atoms with E-state index in [0.717, 1.165) is 51.4 Å². The molecular weight excluding hydrogens is 831 g/mol. The van der Waals surface area contributed by atoms with E-state index in [1.807, 2.05) is 6.08 Å². The van der Waals surface area contributed by atoms with Crippen molar-refractivity contribution < 1.29 is 44.9 Å². The van der Waals surface area contributed by atoms with Gasteiger partial charge in [0.1, 0.15) is 30.5 Å². The van der Waals surface area contributed by atoms with E-state index in [1.54, 1.807) is 6.08 Å². The average molecular weight is 936 g/mol. The van der Waals surface area contributed by atoms with Crippen LogP contribution in [0, 0.1) is 0 Å². The van der Waals surface area contributed by atoms with Crippen LogP contribution in [-0.2, 0) is 14.3 Å². The predicted octanol–water partition coefficient (Wildman–Crippen LogP) is 12.2. The molecule has 1 saturated heterocycles. The molecule has 0 aromatic heterocycles. The van der Waals surface area contributed by atoms with Crippen LogP contribution >= 0.6 is 0 Å². The lowest BCUT2D eigenvalue weighted by Gasteiger charge is -2.40. The molecule has 388 valence electrons. The summed E-state index contributed by atoms with van der Waals surface area (Å²) in [5.74, 6) is -0.619. The van der Waals surface area contributed by atoms with Crippen LogP contribution in [0.3, 0.4) is 0 Å². The van der Waals surface area contributed by atoms with Crippen LogP contribution in [0.25, 0.3) is 0 Å². The number of unbranched alkanes of at least 4 members (excludes halogenated alkanes) is 32. The quantitative estimate of drug-likeness (QED) is 0.0232. The molecule has 66 heavy (non-hydrogen) atoms. The molecule has 7 N–H and O–H groups in total. The van der Waals surface area contributed by atoms with Gasteiger partial charge in [-0.05, 0) is 51.4 Å². The van der Waals surface area contributed by atoms with Crippen molar-refractivity contribution in [1.82, 2.24) is 5.32 Å². The summed E-state index contributed by atoms with van der Waals surface area (Å²) in [5, 5.41) is 65.0. The van der Waals surface area contributed by atoms with Crippen LogP contribution in [0.5, 0.6) is 0 Å². The third-order valence-electron chi connectivity index (χ3n) is 13.3.